The van der Waals surface area contributed by atoms with Crippen LogP contribution in [0.3, 0.4) is 0 Å². The molecule has 0 N–H and O–H groups in total. The lowest BCUT2D eigenvalue weighted by Gasteiger charge is -2.39. The zero-order chi connectivity index (χ0) is 22.0. The first kappa shape index (κ1) is 21.7. The van der Waals surface area contributed by atoms with E-state index in [4.69, 9.17) is 11.6 Å². The second-order valence-corrected chi connectivity index (χ2v) is 9.06. The summed E-state index contributed by atoms with van der Waals surface area (Å²) < 4.78 is 0. The predicted octanol–water partition coefficient (Wildman–Crippen LogP) is 4.16. The van der Waals surface area contributed by atoms with Gasteiger partial charge in [0.2, 0.25) is 5.91 Å². The maximum atomic E-state index is 13.1. The molecule has 2 aliphatic heterocycles. The Labute approximate surface area is 189 Å². The van der Waals surface area contributed by atoms with Crippen molar-refractivity contribution in [3.63, 3.8) is 0 Å². The Balaban J connectivity index is 1.30. The van der Waals surface area contributed by atoms with Gasteiger partial charge < -0.3 is 14.7 Å². The third-order valence-electron chi connectivity index (χ3n) is 6.61. The van der Waals surface area contributed by atoms with Crippen LogP contribution in [0.4, 0.5) is 5.69 Å². The average Bonchev–Trinajstić information content (AvgIpc) is 2.80. The molecular formula is C25H30ClN3O2. The number of anilines is 1. The molecule has 0 aromatic heterocycles. The summed E-state index contributed by atoms with van der Waals surface area (Å²) in [5, 5.41) is 0.742. The van der Waals surface area contributed by atoms with Crippen molar-refractivity contribution in [3.05, 3.63) is 64.2 Å². The summed E-state index contributed by atoms with van der Waals surface area (Å²) in [4.78, 5) is 32.1. The van der Waals surface area contributed by atoms with Crippen LogP contribution in [0.5, 0.6) is 0 Å². The van der Waals surface area contributed by atoms with Crippen LogP contribution in [0, 0.1) is 19.8 Å². The van der Waals surface area contributed by atoms with Crippen LogP contribution in [0.1, 0.15) is 34.3 Å². The van der Waals surface area contributed by atoms with Crippen molar-refractivity contribution in [3.8, 4) is 0 Å². The second kappa shape index (κ2) is 9.31. The maximum absolute atomic E-state index is 13.1. The Bertz CT molecular complexity index is 961. The minimum atomic E-state index is 0.0142. The summed E-state index contributed by atoms with van der Waals surface area (Å²) >= 11 is 6.18. The Hall–Kier alpha value is -2.53. The molecular weight excluding hydrogens is 410 g/mol. The smallest absolute Gasteiger partial charge is 0.254 e. The van der Waals surface area contributed by atoms with Crippen LogP contribution in [0.2, 0.25) is 5.02 Å². The average molecular weight is 440 g/mol. The maximum Gasteiger partial charge on any atom is 0.254 e. The normalized spacial score (nSPS) is 17.7. The summed E-state index contributed by atoms with van der Waals surface area (Å²) in [6, 6.07) is 13.7. The highest BCUT2D eigenvalue weighted by molar-refractivity contribution is 6.30. The number of hydrogen-bond acceptors (Lipinski definition) is 3. The molecule has 2 aliphatic rings. The van der Waals surface area contributed by atoms with Crippen molar-refractivity contribution >= 4 is 29.1 Å². The highest BCUT2D eigenvalue weighted by Crippen LogP contribution is 2.27. The standard InChI is InChI=1S/C25H30ClN3O2/c1-18-5-3-4-6-22(18)25(31)28-11-9-20(10-12-28)24(30)29-15-13-27(14-16-29)23-17-21(26)8-7-19(23)2/h3-8,17,20H,9-16H2,1-2H3. The SMILES string of the molecule is Cc1ccccc1C(=O)N1CCC(C(=O)N2CCN(c3cc(Cl)ccc3C)CC2)CC1. The largest absolute Gasteiger partial charge is 0.368 e. The van der Waals surface area contributed by atoms with Crippen molar-refractivity contribution in [2.75, 3.05) is 44.2 Å². The molecule has 0 atom stereocenters. The van der Waals surface area contributed by atoms with Gasteiger partial charge in [-0.2, -0.15) is 0 Å². The number of aryl methyl sites for hydroxylation is 2. The Morgan fingerprint density at radius 2 is 1.52 bits per heavy atom. The van der Waals surface area contributed by atoms with Gasteiger partial charge in [0.15, 0.2) is 0 Å². The van der Waals surface area contributed by atoms with Crippen LogP contribution in [0.15, 0.2) is 42.5 Å². The number of amides is 2. The molecule has 2 amide bonds. The first-order valence-electron chi connectivity index (χ1n) is 11.1. The van der Waals surface area contributed by atoms with E-state index < -0.39 is 0 Å². The molecule has 2 saturated heterocycles. The minimum absolute atomic E-state index is 0.0142. The number of carbonyl (C=O) groups is 2. The lowest BCUT2D eigenvalue weighted by atomic mass is 9.94. The van der Waals surface area contributed by atoms with Gasteiger partial charge in [0, 0.05) is 61.5 Å². The van der Waals surface area contributed by atoms with Gasteiger partial charge in [-0.15, -0.1) is 0 Å². The van der Waals surface area contributed by atoms with Crippen molar-refractivity contribution in [1.82, 2.24) is 9.80 Å². The molecule has 4 rings (SSSR count). The Morgan fingerprint density at radius 1 is 0.839 bits per heavy atom. The lowest BCUT2D eigenvalue weighted by Crippen LogP contribution is -2.52. The molecule has 2 aromatic carbocycles. The lowest BCUT2D eigenvalue weighted by molar-refractivity contribution is -0.137. The molecule has 0 saturated carbocycles. The number of benzene rings is 2. The molecule has 0 aliphatic carbocycles. The quantitative estimate of drug-likeness (QED) is 0.721. The van der Waals surface area contributed by atoms with E-state index in [1.165, 1.54) is 5.56 Å². The number of rotatable bonds is 3. The second-order valence-electron chi connectivity index (χ2n) is 8.62. The zero-order valence-corrected chi connectivity index (χ0v) is 19.1. The van der Waals surface area contributed by atoms with Crippen LogP contribution >= 0.6 is 11.6 Å². The van der Waals surface area contributed by atoms with Crippen LogP contribution in [0.25, 0.3) is 0 Å². The van der Waals surface area contributed by atoms with Gasteiger partial charge in [0.25, 0.3) is 5.91 Å². The fraction of sp³-hybridized carbons (Fsp3) is 0.440. The summed E-state index contributed by atoms with van der Waals surface area (Å²) in [5.74, 6) is 0.334. The van der Waals surface area contributed by atoms with E-state index in [-0.39, 0.29) is 17.7 Å². The summed E-state index contributed by atoms with van der Waals surface area (Å²) in [6.07, 6.45) is 1.48. The van der Waals surface area contributed by atoms with Gasteiger partial charge >= 0.3 is 0 Å². The van der Waals surface area contributed by atoms with Crippen LogP contribution in [-0.2, 0) is 4.79 Å². The number of carbonyl (C=O) groups excluding carboxylic acids is 2. The molecule has 2 heterocycles. The predicted molar refractivity (Wildman–Crippen MR) is 125 cm³/mol. The van der Waals surface area contributed by atoms with E-state index in [0.29, 0.717) is 13.1 Å². The third kappa shape index (κ3) is 4.72. The number of halogens is 1. The number of nitrogens with zero attached hydrogens (tertiary/aromatic N) is 3. The van der Waals surface area contributed by atoms with Crippen LogP contribution in [-0.4, -0.2) is 60.9 Å². The monoisotopic (exact) mass is 439 g/mol. The topological polar surface area (TPSA) is 43.9 Å². The first-order valence-corrected chi connectivity index (χ1v) is 11.5. The fourth-order valence-corrected chi connectivity index (χ4v) is 4.83. The van der Waals surface area contributed by atoms with E-state index in [1.54, 1.807) is 0 Å². The molecule has 2 fully saturated rings. The van der Waals surface area contributed by atoms with Crippen molar-refractivity contribution in [2.45, 2.75) is 26.7 Å². The molecule has 5 nitrogen and oxygen atoms in total. The molecule has 31 heavy (non-hydrogen) atoms. The third-order valence-corrected chi connectivity index (χ3v) is 6.85. The Kier molecular flexibility index (Phi) is 6.51. The zero-order valence-electron chi connectivity index (χ0n) is 18.3. The molecule has 0 radical (unpaired) electrons. The first-order chi connectivity index (χ1) is 14.9. The van der Waals surface area contributed by atoms with Gasteiger partial charge in [-0.05, 0) is 56.0 Å². The van der Waals surface area contributed by atoms with Gasteiger partial charge in [-0.3, -0.25) is 9.59 Å². The van der Waals surface area contributed by atoms with Crippen molar-refractivity contribution in [2.24, 2.45) is 5.92 Å². The highest BCUT2D eigenvalue weighted by atomic mass is 35.5. The number of hydrogen-bond donors (Lipinski definition) is 0. The van der Waals surface area contributed by atoms with Crippen molar-refractivity contribution in [1.29, 1.82) is 0 Å². The fourth-order valence-electron chi connectivity index (χ4n) is 4.66. The summed E-state index contributed by atoms with van der Waals surface area (Å²) in [7, 11) is 0. The summed E-state index contributed by atoms with van der Waals surface area (Å²) in [6.45, 7) is 8.44. The minimum Gasteiger partial charge on any atom is -0.368 e. The molecule has 2 aromatic rings. The molecule has 6 heteroatoms. The van der Waals surface area contributed by atoms with E-state index in [1.807, 2.05) is 59.2 Å². The number of piperidine rings is 1. The van der Waals surface area contributed by atoms with E-state index in [2.05, 4.69) is 11.8 Å². The van der Waals surface area contributed by atoms with E-state index in [9.17, 15) is 9.59 Å². The Morgan fingerprint density at radius 3 is 2.19 bits per heavy atom. The van der Waals surface area contributed by atoms with Crippen molar-refractivity contribution < 1.29 is 9.59 Å². The summed E-state index contributed by atoms with van der Waals surface area (Å²) in [5.41, 5.74) is 4.12. The number of likely N-dealkylation sites (tertiary alicyclic amines) is 1. The molecule has 0 unspecified atom stereocenters. The molecule has 164 valence electrons. The highest BCUT2D eigenvalue weighted by Gasteiger charge is 2.32. The molecule has 0 bridgehead atoms. The van der Waals surface area contributed by atoms with Crippen LogP contribution < -0.4 is 4.90 Å². The van der Waals surface area contributed by atoms with Gasteiger partial charge in [0.05, 0.1) is 0 Å². The molecule has 0 spiro atoms. The van der Waals surface area contributed by atoms with Gasteiger partial charge in [0.1, 0.15) is 0 Å². The van der Waals surface area contributed by atoms with Gasteiger partial charge in [-0.25, -0.2) is 0 Å². The van der Waals surface area contributed by atoms with Gasteiger partial charge in [-0.1, -0.05) is 35.9 Å². The van der Waals surface area contributed by atoms with E-state index in [0.717, 1.165) is 60.9 Å². The van der Waals surface area contributed by atoms with E-state index >= 15 is 0 Å². The number of piperazine rings is 1.